The van der Waals surface area contributed by atoms with E-state index in [1.165, 1.54) is 0 Å². The monoisotopic (exact) mass is 373 g/mol. The molecule has 0 amide bonds. The largest absolute Gasteiger partial charge is 0.383 e. The fraction of sp³-hybridized carbons (Fsp3) is 0.286. The van der Waals surface area contributed by atoms with Crippen molar-refractivity contribution in [3.8, 4) is 0 Å². The summed E-state index contributed by atoms with van der Waals surface area (Å²) in [5.41, 5.74) is 7.86. The molecule has 0 bridgehead atoms. The normalized spacial score (nSPS) is 10.8. The van der Waals surface area contributed by atoms with Gasteiger partial charge in [-0.1, -0.05) is 42.6 Å². The molecule has 0 aliphatic carbocycles. The van der Waals surface area contributed by atoms with Gasteiger partial charge in [-0.15, -0.1) is 0 Å². The van der Waals surface area contributed by atoms with E-state index in [0.29, 0.717) is 28.1 Å². The summed E-state index contributed by atoms with van der Waals surface area (Å²) < 4.78 is 0.789. The van der Waals surface area contributed by atoms with E-state index in [2.05, 4.69) is 32.8 Å². The molecule has 0 saturated heterocycles. The minimum absolute atomic E-state index is 0.471. The third-order valence-electron chi connectivity index (χ3n) is 2.82. The van der Waals surface area contributed by atoms with Gasteiger partial charge in [0.2, 0.25) is 0 Å². The lowest BCUT2D eigenvalue weighted by Gasteiger charge is -2.09. The molecule has 2 N–H and O–H groups in total. The van der Waals surface area contributed by atoms with Crippen molar-refractivity contribution in [2.24, 2.45) is 0 Å². The zero-order valence-electron chi connectivity index (χ0n) is 11.0. The van der Waals surface area contributed by atoms with Crippen molar-refractivity contribution in [3.05, 3.63) is 49.8 Å². The number of anilines is 1. The van der Waals surface area contributed by atoms with Crippen LogP contribution in [0.15, 0.2) is 22.7 Å². The number of halogens is 3. The molecule has 0 atom stereocenters. The van der Waals surface area contributed by atoms with Gasteiger partial charge in [-0.2, -0.15) is 0 Å². The van der Waals surface area contributed by atoms with Gasteiger partial charge in [-0.25, -0.2) is 9.97 Å². The number of benzene rings is 1. The van der Waals surface area contributed by atoms with Crippen LogP contribution in [-0.2, 0) is 12.8 Å². The molecule has 20 heavy (non-hydrogen) atoms. The standard InChI is InChI=1S/C14H14BrCl2N3/c1-2-3-11-13(15)14(18)20-12(19-11)7-8-4-5-9(16)10(17)6-8/h4-6H,2-3,7H2,1H3,(H2,18,19,20). The number of nitrogens with zero attached hydrogens (tertiary/aromatic N) is 2. The van der Waals surface area contributed by atoms with Crippen LogP contribution >= 0.6 is 39.1 Å². The first-order valence-electron chi connectivity index (χ1n) is 6.26. The van der Waals surface area contributed by atoms with Gasteiger partial charge in [0.1, 0.15) is 11.6 Å². The molecular weight excluding hydrogens is 361 g/mol. The molecule has 0 saturated carbocycles. The molecule has 0 unspecified atom stereocenters. The Morgan fingerprint density at radius 3 is 2.60 bits per heavy atom. The van der Waals surface area contributed by atoms with Gasteiger partial charge in [-0.3, -0.25) is 0 Å². The first kappa shape index (κ1) is 15.5. The minimum atomic E-state index is 0.471. The average molecular weight is 375 g/mol. The molecule has 6 heteroatoms. The minimum Gasteiger partial charge on any atom is -0.383 e. The Labute approximate surface area is 136 Å². The zero-order valence-corrected chi connectivity index (χ0v) is 14.1. The van der Waals surface area contributed by atoms with Crippen molar-refractivity contribution in [2.45, 2.75) is 26.2 Å². The van der Waals surface area contributed by atoms with Crippen LogP contribution in [0.1, 0.15) is 30.4 Å². The number of hydrogen-bond donors (Lipinski definition) is 1. The van der Waals surface area contributed by atoms with Gasteiger partial charge in [0.05, 0.1) is 20.2 Å². The maximum atomic E-state index is 6.01. The molecule has 3 nitrogen and oxygen atoms in total. The molecule has 0 fully saturated rings. The van der Waals surface area contributed by atoms with Crippen LogP contribution in [-0.4, -0.2) is 9.97 Å². The highest BCUT2D eigenvalue weighted by atomic mass is 79.9. The third kappa shape index (κ3) is 3.62. The fourth-order valence-electron chi connectivity index (χ4n) is 1.88. The summed E-state index contributed by atoms with van der Waals surface area (Å²) in [7, 11) is 0. The van der Waals surface area contributed by atoms with Gasteiger partial charge in [0, 0.05) is 6.42 Å². The van der Waals surface area contributed by atoms with Crippen molar-refractivity contribution >= 4 is 44.9 Å². The zero-order chi connectivity index (χ0) is 14.7. The van der Waals surface area contributed by atoms with E-state index >= 15 is 0 Å². The van der Waals surface area contributed by atoms with Crippen LogP contribution in [0.5, 0.6) is 0 Å². The molecule has 2 rings (SSSR count). The highest BCUT2D eigenvalue weighted by Crippen LogP contribution is 2.25. The van der Waals surface area contributed by atoms with Gasteiger partial charge < -0.3 is 5.73 Å². The van der Waals surface area contributed by atoms with Crippen molar-refractivity contribution < 1.29 is 0 Å². The second-order valence-electron chi connectivity index (χ2n) is 4.46. The highest BCUT2D eigenvalue weighted by Gasteiger charge is 2.10. The molecule has 106 valence electrons. The Balaban J connectivity index is 2.31. The summed E-state index contributed by atoms with van der Waals surface area (Å²) in [5, 5.41) is 1.07. The molecule has 0 spiro atoms. The molecule has 0 aliphatic heterocycles. The van der Waals surface area contributed by atoms with Crippen LogP contribution in [0.4, 0.5) is 5.82 Å². The fourth-order valence-corrected chi connectivity index (χ4v) is 2.58. The lowest BCUT2D eigenvalue weighted by molar-refractivity contribution is 0.837. The van der Waals surface area contributed by atoms with Crippen molar-refractivity contribution in [1.82, 2.24) is 9.97 Å². The summed E-state index contributed by atoms with van der Waals surface area (Å²) in [5.74, 6) is 1.16. The Kier molecular flexibility index (Phi) is 5.24. The number of rotatable bonds is 4. The van der Waals surface area contributed by atoms with Crippen molar-refractivity contribution in [3.63, 3.8) is 0 Å². The van der Waals surface area contributed by atoms with Crippen LogP contribution in [0.2, 0.25) is 10.0 Å². The van der Waals surface area contributed by atoms with E-state index in [4.69, 9.17) is 28.9 Å². The average Bonchev–Trinajstić information content (AvgIpc) is 2.40. The van der Waals surface area contributed by atoms with Gasteiger partial charge in [0.15, 0.2) is 0 Å². The van der Waals surface area contributed by atoms with Gasteiger partial charge in [-0.05, 0) is 40.0 Å². The van der Waals surface area contributed by atoms with Crippen LogP contribution in [0, 0.1) is 0 Å². The number of aromatic nitrogens is 2. The Morgan fingerprint density at radius 2 is 1.95 bits per heavy atom. The van der Waals surface area contributed by atoms with Crippen LogP contribution in [0.25, 0.3) is 0 Å². The Morgan fingerprint density at radius 1 is 1.20 bits per heavy atom. The molecule has 1 aromatic heterocycles. The first-order chi connectivity index (χ1) is 9.51. The maximum Gasteiger partial charge on any atom is 0.141 e. The van der Waals surface area contributed by atoms with Crippen molar-refractivity contribution in [1.29, 1.82) is 0 Å². The van der Waals surface area contributed by atoms with Gasteiger partial charge in [0.25, 0.3) is 0 Å². The van der Waals surface area contributed by atoms with E-state index in [1.807, 2.05) is 12.1 Å². The van der Waals surface area contributed by atoms with E-state index in [0.717, 1.165) is 28.6 Å². The Hall–Kier alpha value is -0.840. The summed E-state index contributed by atoms with van der Waals surface area (Å²) in [4.78, 5) is 8.86. The van der Waals surface area contributed by atoms with E-state index < -0.39 is 0 Å². The SMILES string of the molecule is CCCc1nc(Cc2ccc(Cl)c(Cl)c2)nc(N)c1Br. The lowest BCUT2D eigenvalue weighted by Crippen LogP contribution is -2.06. The van der Waals surface area contributed by atoms with E-state index in [1.54, 1.807) is 6.07 Å². The lowest BCUT2D eigenvalue weighted by atomic mass is 10.1. The highest BCUT2D eigenvalue weighted by molar-refractivity contribution is 9.10. The number of nitrogen functional groups attached to an aromatic ring is 1. The molecule has 0 aliphatic rings. The molecule has 0 radical (unpaired) electrons. The predicted octanol–water partition coefficient (Wildman–Crippen LogP) is 4.67. The smallest absolute Gasteiger partial charge is 0.141 e. The van der Waals surface area contributed by atoms with Crippen LogP contribution in [0.3, 0.4) is 0 Å². The van der Waals surface area contributed by atoms with E-state index in [9.17, 15) is 0 Å². The number of nitrogens with two attached hydrogens (primary N) is 1. The maximum absolute atomic E-state index is 6.01. The second kappa shape index (κ2) is 6.74. The van der Waals surface area contributed by atoms with Gasteiger partial charge >= 0.3 is 0 Å². The van der Waals surface area contributed by atoms with Crippen LogP contribution < -0.4 is 5.73 Å². The van der Waals surface area contributed by atoms with Crippen molar-refractivity contribution in [2.75, 3.05) is 5.73 Å². The summed E-state index contributed by atoms with van der Waals surface area (Å²) >= 11 is 15.4. The summed E-state index contributed by atoms with van der Waals surface area (Å²) in [6.45, 7) is 2.10. The third-order valence-corrected chi connectivity index (χ3v) is 4.43. The molecule has 1 heterocycles. The summed E-state index contributed by atoms with van der Waals surface area (Å²) in [6.07, 6.45) is 2.44. The van der Waals surface area contributed by atoms with E-state index in [-0.39, 0.29) is 0 Å². The predicted molar refractivity (Wildman–Crippen MR) is 87.4 cm³/mol. The molecule has 2 aromatic rings. The summed E-state index contributed by atoms with van der Waals surface area (Å²) in [6, 6.07) is 5.51. The first-order valence-corrected chi connectivity index (χ1v) is 7.80. The quantitative estimate of drug-likeness (QED) is 0.845. The topological polar surface area (TPSA) is 51.8 Å². The number of hydrogen-bond acceptors (Lipinski definition) is 3. The number of aryl methyl sites for hydroxylation is 1. The Bertz CT molecular complexity index is 632. The second-order valence-corrected chi connectivity index (χ2v) is 6.07. The molecule has 1 aromatic carbocycles. The molecular formula is C14H14BrCl2N3.